The van der Waals surface area contributed by atoms with Crippen LogP contribution in [-0.4, -0.2) is 12.1 Å². The Morgan fingerprint density at radius 1 is 1.29 bits per heavy atom. The number of rotatable bonds is 1. The molecule has 1 aromatic carbocycles. The number of benzene rings is 1. The van der Waals surface area contributed by atoms with E-state index in [0.29, 0.717) is 5.56 Å². The van der Waals surface area contributed by atoms with E-state index in [2.05, 4.69) is 4.98 Å². The van der Waals surface area contributed by atoms with Gasteiger partial charge in [-0.15, -0.1) is 0 Å². The van der Waals surface area contributed by atoms with Gasteiger partial charge in [0.25, 0.3) is 5.56 Å². The molecule has 3 heteroatoms. The molecule has 14 heavy (non-hydrogen) atoms. The SMILES string of the molecule is COc1ccc2[nH]c(=O)c(C)cc2c1. The summed E-state index contributed by atoms with van der Waals surface area (Å²) in [5, 5.41) is 0.987. The van der Waals surface area contributed by atoms with E-state index >= 15 is 0 Å². The van der Waals surface area contributed by atoms with Crippen molar-refractivity contribution >= 4 is 10.9 Å². The van der Waals surface area contributed by atoms with Crippen molar-refractivity contribution in [2.45, 2.75) is 6.92 Å². The van der Waals surface area contributed by atoms with Gasteiger partial charge in [-0.25, -0.2) is 0 Å². The highest BCUT2D eigenvalue weighted by molar-refractivity contribution is 5.80. The van der Waals surface area contributed by atoms with E-state index in [1.54, 1.807) is 14.0 Å². The Labute approximate surface area is 81.3 Å². The number of fused-ring (bicyclic) bond motifs is 1. The maximum Gasteiger partial charge on any atom is 0.251 e. The Balaban J connectivity index is 2.77. The van der Waals surface area contributed by atoms with Gasteiger partial charge in [0.1, 0.15) is 5.75 Å². The molecular weight excluding hydrogens is 178 g/mol. The van der Waals surface area contributed by atoms with Crippen LogP contribution in [0.25, 0.3) is 10.9 Å². The first-order valence-electron chi connectivity index (χ1n) is 4.38. The standard InChI is InChI=1S/C11H11NO2/c1-7-5-8-6-9(14-2)3-4-10(8)12-11(7)13/h3-6H,1-2H3,(H,12,13). The number of H-pyrrole nitrogens is 1. The normalized spacial score (nSPS) is 10.4. The first kappa shape index (κ1) is 8.81. The minimum absolute atomic E-state index is 0.0392. The third-order valence-corrected chi connectivity index (χ3v) is 2.24. The molecule has 0 atom stereocenters. The first-order valence-corrected chi connectivity index (χ1v) is 4.38. The Morgan fingerprint density at radius 3 is 2.79 bits per heavy atom. The number of aromatic amines is 1. The molecule has 0 aliphatic heterocycles. The Morgan fingerprint density at radius 2 is 2.07 bits per heavy atom. The fourth-order valence-electron chi connectivity index (χ4n) is 1.42. The van der Waals surface area contributed by atoms with Crippen LogP contribution in [0.4, 0.5) is 0 Å². The van der Waals surface area contributed by atoms with Gasteiger partial charge < -0.3 is 9.72 Å². The predicted molar refractivity (Wildman–Crippen MR) is 55.9 cm³/mol. The summed E-state index contributed by atoms with van der Waals surface area (Å²) in [7, 11) is 1.62. The second kappa shape index (κ2) is 3.18. The van der Waals surface area contributed by atoms with Crippen LogP contribution in [0.3, 0.4) is 0 Å². The molecule has 0 unspecified atom stereocenters. The molecule has 0 spiro atoms. The highest BCUT2D eigenvalue weighted by atomic mass is 16.5. The van der Waals surface area contributed by atoms with Crippen LogP contribution in [0.15, 0.2) is 29.1 Å². The van der Waals surface area contributed by atoms with E-state index in [-0.39, 0.29) is 5.56 Å². The highest BCUT2D eigenvalue weighted by Crippen LogP contribution is 2.18. The molecule has 1 N–H and O–H groups in total. The van der Waals surface area contributed by atoms with Gasteiger partial charge in [0.05, 0.1) is 7.11 Å². The van der Waals surface area contributed by atoms with Gasteiger partial charge >= 0.3 is 0 Å². The molecule has 72 valence electrons. The van der Waals surface area contributed by atoms with Crippen LogP contribution in [0.5, 0.6) is 5.75 Å². The fraction of sp³-hybridized carbons (Fsp3) is 0.182. The first-order chi connectivity index (χ1) is 6.70. The quantitative estimate of drug-likeness (QED) is 0.743. The van der Waals surface area contributed by atoms with Gasteiger partial charge in [-0.2, -0.15) is 0 Å². The van der Waals surface area contributed by atoms with Crippen LogP contribution in [0, 0.1) is 6.92 Å². The van der Waals surface area contributed by atoms with Crippen molar-refractivity contribution in [2.24, 2.45) is 0 Å². The van der Waals surface area contributed by atoms with Crippen LogP contribution < -0.4 is 10.3 Å². The van der Waals surface area contributed by atoms with Crippen molar-refractivity contribution in [1.29, 1.82) is 0 Å². The van der Waals surface area contributed by atoms with Crippen LogP contribution >= 0.6 is 0 Å². The molecule has 0 fully saturated rings. The van der Waals surface area contributed by atoms with Gasteiger partial charge in [-0.3, -0.25) is 4.79 Å². The smallest absolute Gasteiger partial charge is 0.251 e. The zero-order chi connectivity index (χ0) is 10.1. The summed E-state index contributed by atoms with van der Waals surface area (Å²) in [4.78, 5) is 14.1. The summed E-state index contributed by atoms with van der Waals surface area (Å²) in [5.74, 6) is 0.795. The lowest BCUT2D eigenvalue weighted by Gasteiger charge is -2.02. The van der Waals surface area contributed by atoms with Crippen molar-refractivity contribution in [3.63, 3.8) is 0 Å². The van der Waals surface area contributed by atoms with Crippen LogP contribution in [-0.2, 0) is 0 Å². The number of aromatic nitrogens is 1. The molecule has 2 rings (SSSR count). The lowest BCUT2D eigenvalue weighted by Crippen LogP contribution is -2.08. The molecule has 2 aromatic rings. The largest absolute Gasteiger partial charge is 0.497 e. The molecule has 0 amide bonds. The molecular formula is C11H11NO2. The number of ether oxygens (including phenoxy) is 1. The Hall–Kier alpha value is -1.77. The predicted octanol–water partition coefficient (Wildman–Crippen LogP) is 1.85. The van der Waals surface area contributed by atoms with E-state index in [1.165, 1.54) is 0 Å². The molecule has 0 radical (unpaired) electrons. The summed E-state index contributed by atoms with van der Waals surface area (Å²) in [6.45, 7) is 1.79. The fourth-order valence-corrected chi connectivity index (χ4v) is 1.42. The van der Waals surface area contributed by atoms with E-state index in [4.69, 9.17) is 4.74 Å². The zero-order valence-electron chi connectivity index (χ0n) is 8.13. The third-order valence-electron chi connectivity index (χ3n) is 2.24. The monoisotopic (exact) mass is 189 g/mol. The average molecular weight is 189 g/mol. The van der Waals surface area contributed by atoms with E-state index in [0.717, 1.165) is 16.7 Å². The lowest BCUT2D eigenvalue weighted by molar-refractivity contribution is 0.415. The summed E-state index contributed by atoms with van der Waals surface area (Å²) < 4.78 is 5.10. The van der Waals surface area contributed by atoms with Gasteiger partial charge in [0, 0.05) is 16.5 Å². The van der Waals surface area contributed by atoms with Gasteiger partial charge in [0.2, 0.25) is 0 Å². The number of methoxy groups -OCH3 is 1. The zero-order valence-corrected chi connectivity index (χ0v) is 8.13. The second-order valence-corrected chi connectivity index (χ2v) is 3.23. The van der Waals surface area contributed by atoms with Gasteiger partial charge in [-0.05, 0) is 31.2 Å². The topological polar surface area (TPSA) is 42.1 Å². The number of pyridine rings is 1. The van der Waals surface area contributed by atoms with Crippen molar-refractivity contribution in [2.75, 3.05) is 7.11 Å². The Bertz CT molecular complexity index is 528. The van der Waals surface area contributed by atoms with Crippen LogP contribution in [0.2, 0.25) is 0 Å². The van der Waals surface area contributed by atoms with E-state index in [1.807, 2.05) is 24.3 Å². The van der Waals surface area contributed by atoms with Crippen molar-refractivity contribution in [1.82, 2.24) is 4.98 Å². The lowest BCUT2D eigenvalue weighted by atomic mass is 10.1. The molecule has 0 saturated carbocycles. The summed E-state index contributed by atoms with van der Waals surface area (Å²) >= 11 is 0. The second-order valence-electron chi connectivity index (χ2n) is 3.23. The minimum Gasteiger partial charge on any atom is -0.497 e. The molecule has 0 aliphatic carbocycles. The van der Waals surface area contributed by atoms with Crippen LogP contribution in [0.1, 0.15) is 5.56 Å². The molecule has 1 heterocycles. The molecule has 1 aromatic heterocycles. The number of aryl methyl sites for hydroxylation is 1. The molecule has 0 aliphatic rings. The maximum atomic E-state index is 11.3. The van der Waals surface area contributed by atoms with E-state index in [9.17, 15) is 4.79 Å². The highest BCUT2D eigenvalue weighted by Gasteiger charge is 1.99. The number of hydrogen-bond donors (Lipinski definition) is 1. The minimum atomic E-state index is -0.0392. The average Bonchev–Trinajstić information content (AvgIpc) is 2.19. The van der Waals surface area contributed by atoms with Crippen molar-refractivity contribution in [3.05, 3.63) is 40.2 Å². The van der Waals surface area contributed by atoms with Crippen molar-refractivity contribution in [3.8, 4) is 5.75 Å². The number of hydrogen-bond acceptors (Lipinski definition) is 2. The van der Waals surface area contributed by atoms with Gasteiger partial charge in [-0.1, -0.05) is 0 Å². The van der Waals surface area contributed by atoms with Gasteiger partial charge in [0.15, 0.2) is 0 Å². The van der Waals surface area contributed by atoms with Crippen molar-refractivity contribution < 1.29 is 4.74 Å². The summed E-state index contributed by atoms with van der Waals surface area (Å²) in [6, 6.07) is 7.43. The molecule has 3 nitrogen and oxygen atoms in total. The Kier molecular flexibility index (Phi) is 2.00. The van der Waals surface area contributed by atoms with E-state index < -0.39 is 0 Å². The maximum absolute atomic E-state index is 11.3. The summed E-state index contributed by atoms with van der Waals surface area (Å²) in [5.41, 5.74) is 1.51. The summed E-state index contributed by atoms with van der Waals surface area (Å²) in [6.07, 6.45) is 0. The third kappa shape index (κ3) is 1.37. The molecule has 0 saturated heterocycles. The molecule has 0 bridgehead atoms. The number of nitrogens with one attached hydrogen (secondary N) is 1.